The topological polar surface area (TPSA) is 76.1 Å². The molecule has 0 bridgehead atoms. The first-order valence-electron chi connectivity index (χ1n) is 7.80. The number of aryl methyl sites for hydroxylation is 2. The molecular weight excluding hydrogens is 344 g/mol. The SMILES string of the molecule is CCCS(=O)(=O)C(C)C(=O)Nc1nc(-c2ccc(C)cc2C)cs1. The molecule has 0 aliphatic carbocycles. The maximum atomic E-state index is 12.2. The fourth-order valence-electron chi connectivity index (χ4n) is 2.39. The Labute approximate surface area is 147 Å². The third kappa shape index (κ3) is 4.21. The van der Waals surface area contributed by atoms with E-state index in [9.17, 15) is 13.2 Å². The third-order valence-electron chi connectivity index (χ3n) is 3.79. The van der Waals surface area contributed by atoms with E-state index >= 15 is 0 Å². The van der Waals surface area contributed by atoms with Crippen LogP contribution in [0.2, 0.25) is 0 Å². The van der Waals surface area contributed by atoms with E-state index in [-0.39, 0.29) is 5.75 Å². The van der Waals surface area contributed by atoms with E-state index in [2.05, 4.69) is 16.4 Å². The van der Waals surface area contributed by atoms with Gasteiger partial charge in [-0.05, 0) is 32.8 Å². The van der Waals surface area contributed by atoms with Gasteiger partial charge in [0.25, 0.3) is 0 Å². The highest BCUT2D eigenvalue weighted by Gasteiger charge is 2.27. The zero-order valence-electron chi connectivity index (χ0n) is 14.3. The second kappa shape index (κ2) is 7.44. The smallest absolute Gasteiger partial charge is 0.244 e. The highest BCUT2D eigenvalue weighted by Crippen LogP contribution is 2.28. The van der Waals surface area contributed by atoms with E-state index in [1.54, 1.807) is 6.92 Å². The molecule has 130 valence electrons. The Morgan fingerprint density at radius 1 is 1.33 bits per heavy atom. The Kier molecular flexibility index (Phi) is 5.77. The lowest BCUT2D eigenvalue weighted by atomic mass is 10.0. The Bertz CT molecular complexity index is 841. The molecule has 1 amide bonds. The number of thiazole rings is 1. The Morgan fingerprint density at radius 2 is 2.04 bits per heavy atom. The Morgan fingerprint density at radius 3 is 2.67 bits per heavy atom. The largest absolute Gasteiger partial charge is 0.301 e. The number of amides is 1. The summed E-state index contributed by atoms with van der Waals surface area (Å²) in [5, 5.41) is 3.81. The second-order valence-electron chi connectivity index (χ2n) is 5.85. The van der Waals surface area contributed by atoms with Crippen LogP contribution >= 0.6 is 11.3 Å². The summed E-state index contributed by atoms with van der Waals surface area (Å²) in [4.78, 5) is 16.6. The molecule has 1 unspecified atom stereocenters. The van der Waals surface area contributed by atoms with E-state index in [4.69, 9.17) is 0 Å². The predicted molar refractivity (Wildman–Crippen MR) is 99.2 cm³/mol. The molecule has 0 aliphatic heterocycles. The molecule has 0 saturated heterocycles. The van der Waals surface area contributed by atoms with Crippen LogP contribution in [0.1, 0.15) is 31.4 Å². The number of hydrogen-bond acceptors (Lipinski definition) is 5. The van der Waals surface area contributed by atoms with E-state index < -0.39 is 21.0 Å². The third-order valence-corrected chi connectivity index (χ3v) is 6.82. The summed E-state index contributed by atoms with van der Waals surface area (Å²) in [5.74, 6) is -0.530. The number of carbonyl (C=O) groups excluding carboxylic acids is 1. The molecule has 1 heterocycles. The van der Waals surface area contributed by atoms with Crippen molar-refractivity contribution in [2.24, 2.45) is 0 Å². The van der Waals surface area contributed by atoms with Gasteiger partial charge in [0.2, 0.25) is 5.91 Å². The molecule has 1 N–H and O–H groups in total. The average molecular weight is 367 g/mol. The summed E-state index contributed by atoms with van der Waals surface area (Å²) >= 11 is 1.29. The van der Waals surface area contributed by atoms with Crippen LogP contribution in [0.4, 0.5) is 5.13 Å². The Hall–Kier alpha value is -1.73. The monoisotopic (exact) mass is 366 g/mol. The minimum absolute atomic E-state index is 0.00721. The number of sulfone groups is 1. The van der Waals surface area contributed by atoms with Crippen molar-refractivity contribution in [1.29, 1.82) is 0 Å². The lowest BCUT2D eigenvalue weighted by Crippen LogP contribution is -2.34. The van der Waals surface area contributed by atoms with Crippen LogP contribution in [0.5, 0.6) is 0 Å². The molecule has 24 heavy (non-hydrogen) atoms. The molecule has 0 radical (unpaired) electrons. The first-order chi connectivity index (χ1) is 11.2. The standard InChI is InChI=1S/C17H22N2O3S2/c1-5-8-24(21,22)13(4)16(20)19-17-18-15(10-23-17)14-7-6-11(2)9-12(14)3/h6-7,9-10,13H,5,8H2,1-4H3,(H,18,19,20). The van der Waals surface area contributed by atoms with E-state index in [1.807, 2.05) is 31.4 Å². The van der Waals surface area contributed by atoms with Crippen molar-refractivity contribution >= 4 is 32.2 Å². The maximum absolute atomic E-state index is 12.2. The second-order valence-corrected chi connectivity index (χ2v) is 9.15. The van der Waals surface area contributed by atoms with Gasteiger partial charge in [0, 0.05) is 10.9 Å². The molecule has 0 aliphatic rings. The quantitative estimate of drug-likeness (QED) is 0.848. The number of hydrogen-bond donors (Lipinski definition) is 1. The van der Waals surface area contributed by atoms with Gasteiger partial charge in [-0.2, -0.15) is 0 Å². The van der Waals surface area contributed by atoms with Crippen molar-refractivity contribution in [3.05, 3.63) is 34.7 Å². The molecule has 2 aromatic rings. The van der Waals surface area contributed by atoms with Crippen LogP contribution in [0.25, 0.3) is 11.3 Å². The fraction of sp³-hybridized carbons (Fsp3) is 0.412. The Balaban J connectivity index is 2.15. The van der Waals surface area contributed by atoms with Crippen molar-refractivity contribution in [2.45, 2.75) is 39.4 Å². The number of carbonyl (C=O) groups is 1. The minimum Gasteiger partial charge on any atom is -0.301 e. The van der Waals surface area contributed by atoms with E-state index in [0.29, 0.717) is 11.6 Å². The van der Waals surface area contributed by atoms with Crippen LogP contribution in [-0.2, 0) is 14.6 Å². The molecule has 0 spiro atoms. The van der Waals surface area contributed by atoms with Crippen molar-refractivity contribution < 1.29 is 13.2 Å². The molecule has 0 saturated carbocycles. The maximum Gasteiger partial charge on any atom is 0.244 e. The normalized spacial score (nSPS) is 12.8. The van der Waals surface area contributed by atoms with Crippen molar-refractivity contribution in [1.82, 2.24) is 4.98 Å². The summed E-state index contributed by atoms with van der Waals surface area (Å²) < 4.78 is 24.0. The molecule has 5 nitrogen and oxygen atoms in total. The molecule has 7 heteroatoms. The van der Waals surface area contributed by atoms with Crippen LogP contribution in [0, 0.1) is 13.8 Å². The number of nitrogens with one attached hydrogen (secondary N) is 1. The van der Waals surface area contributed by atoms with Crippen LogP contribution in [-0.4, -0.2) is 30.3 Å². The molecule has 1 aromatic heterocycles. The van der Waals surface area contributed by atoms with Crippen LogP contribution < -0.4 is 5.32 Å². The number of nitrogens with zero attached hydrogens (tertiary/aromatic N) is 1. The highest BCUT2D eigenvalue weighted by atomic mass is 32.2. The minimum atomic E-state index is -3.42. The summed E-state index contributed by atoms with van der Waals surface area (Å²) in [6, 6.07) is 6.09. The first-order valence-corrected chi connectivity index (χ1v) is 10.4. The summed E-state index contributed by atoms with van der Waals surface area (Å²) in [7, 11) is -3.42. The number of aromatic nitrogens is 1. The van der Waals surface area contributed by atoms with Gasteiger partial charge in [0.1, 0.15) is 5.25 Å². The van der Waals surface area contributed by atoms with E-state index in [1.165, 1.54) is 23.8 Å². The number of anilines is 1. The molecule has 1 aromatic carbocycles. The fourth-order valence-corrected chi connectivity index (χ4v) is 4.41. The van der Waals surface area contributed by atoms with Crippen LogP contribution in [0.3, 0.4) is 0 Å². The first kappa shape index (κ1) is 18.6. The van der Waals surface area contributed by atoms with Gasteiger partial charge in [0.05, 0.1) is 11.4 Å². The summed E-state index contributed by atoms with van der Waals surface area (Å²) in [6.07, 6.45) is 0.494. The zero-order chi connectivity index (χ0) is 17.9. The lowest BCUT2D eigenvalue weighted by molar-refractivity contribution is -0.115. The van der Waals surface area contributed by atoms with Gasteiger partial charge in [-0.15, -0.1) is 11.3 Å². The predicted octanol–water partition coefficient (Wildman–Crippen LogP) is 3.58. The summed E-state index contributed by atoms with van der Waals surface area (Å²) in [5.41, 5.74) is 4.06. The van der Waals surface area contributed by atoms with Gasteiger partial charge in [0.15, 0.2) is 15.0 Å². The van der Waals surface area contributed by atoms with E-state index in [0.717, 1.165) is 16.8 Å². The van der Waals surface area contributed by atoms with Gasteiger partial charge in [-0.25, -0.2) is 13.4 Å². The zero-order valence-corrected chi connectivity index (χ0v) is 15.9. The number of rotatable bonds is 6. The average Bonchev–Trinajstić information content (AvgIpc) is 2.94. The van der Waals surface area contributed by atoms with Crippen LogP contribution in [0.15, 0.2) is 23.6 Å². The molecular formula is C17H22N2O3S2. The molecule has 2 rings (SSSR count). The van der Waals surface area contributed by atoms with Gasteiger partial charge < -0.3 is 5.32 Å². The van der Waals surface area contributed by atoms with Gasteiger partial charge in [-0.3, -0.25) is 4.79 Å². The van der Waals surface area contributed by atoms with Gasteiger partial charge >= 0.3 is 0 Å². The van der Waals surface area contributed by atoms with Crippen molar-refractivity contribution in [2.75, 3.05) is 11.1 Å². The lowest BCUT2D eigenvalue weighted by Gasteiger charge is -2.11. The number of benzene rings is 1. The van der Waals surface area contributed by atoms with Crippen molar-refractivity contribution in [3.8, 4) is 11.3 Å². The molecule has 1 atom stereocenters. The highest BCUT2D eigenvalue weighted by molar-refractivity contribution is 7.92. The molecule has 0 fully saturated rings. The summed E-state index contributed by atoms with van der Waals surface area (Å²) in [6.45, 7) is 7.24. The van der Waals surface area contributed by atoms with Crippen molar-refractivity contribution in [3.63, 3.8) is 0 Å². The van der Waals surface area contributed by atoms with Gasteiger partial charge in [-0.1, -0.05) is 30.7 Å².